The topological polar surface area (TPSA) is 94.1 Å². The van der Waals surface area contributed by atoms with Crippen LogP contribution >= 0.6 is 0 Å². The van der Waals surface area contributed by atoms with Gasteiger partial charge in [-0.25, -0.2) is 0 Å². The van der Waals surface area contributed by atoms with Gasteiger partial charge in [-0.2, -0.15) is 0 Å². The lowest BCUT2D eigenvalue weighted by Crippen LogP contribution is -2.42. The molecule has 2 aromatic rings. The Morgan fingerprint density at radius 2 is 1.90 bits per heavy atom. The SMILES string of the molecule is COc1cccc(CO)c1NC1CCN(CC(=O)Nc2ccc(C(C)O)cc2)CC1. The molecule has 0 bridgehead atoms. The normalized spacial score (nSPS) is 16.1. The average molecular weight is 414 g/mol. The van der Waals surface area contributed by atoms with Crippen LogP contribution in [-0.4, -0.2) is 53.8 Å². The molecule has 1 fully saturated rings. The first-order chi connectivity index (χ1) is 14.5. The van der Waals surface area contributed by atoms with Gasteiger partial charge < -0.3 is 25.6 Å². The summed E-state index contributed by atoms with van der Waals surface area (Å²) in [5.41, 5.74) is 3.22. The van der Waals surface area contributed by atoms with Crippen molar-refractivity contribution < 1.29 is 19.7 Å². The first-order valence-electron chi connectivity index (χ1n) is 10.3. The Kier molecular flexibility index (Phi) is 7.68. The third-order valence-corrected chi connectivity index (χ3v) is 5.48. The molecule has 1 aliphatic heterocycles. The summed E-state index contributed by atoms with van der Waals surface area (Å²) in [7, 11) is 1.63. The highest BCUT2D eigenvalue weighted by Gasteiger charge is 2.22. The third kappa shape index (κ3) is 5.72. The molecule has 7 nitrogen and oxygen atoms in total. The van der Waals surface area contributed by atoms with Gasteiger partial charge in [-0.1, -0.05) is 24.3 Å². The van der Waals surface area contributed by atoms with E-state index in [4.69, 9.17) is 4.74 Å². The molecule has 0 radical (unpaired) electrons. The maximum Gasteiger partial charge on any atom is 0.238 e. The Labute approximate surface area is 177 Å². The predicted octanol–water partition coefficient (Wildman–Crippen LogP) is 2.76. The van der Waals surface area contributed by atoms with E-state index in [0.717, 1.165) is 54.2 Å². The molecule has 162 valence electrons. The molecule has 0 spiro atoms. The highest BCUT2D eigenvalue weighted by molar-refractivity contribution is 5.92. The van der Waals surface area contributed by atoms with E-state index in [0.29, 0.717) is 6.54 Å². The van der Waals surface area contributed by atoms with Crippen LogP contribution in [0.1, 0.15) is 37.0 Å². The lowest BCUT2D eigenvalue weighted by molar-refractivity contribution is -0.117. The molecule has 3 rings (SSSR count). The van der Waals surface area contributed by atoms with E-state index < -0.39 is 6.10 Å². The van der Waals surface area contributed by atoms with Crippen molar-refractivity contribution >= 4 is 17.3 Å². The minimum atomic E-state index is -0.519. The van der Waals surface area contributed by atoms with Crippen LogP contribution in [0.3, 0.4) is 0 Å². The van der Waals surface area contributed by atoms with Crippen molar-refractivity contribution in [1.82, 2.24) is 4.90 Å². The predicted molar refractivity (Wildman–Crippen MR) is 118 cm³/mol. The fourth-order valence-corrected chi connectivity index (χ4v) is 3.73. The van der Waals surface area contributed by atoms with Gasteiger partial charge in [-0.05, 0) is 43.5 Å². The largest absolute Gasteiger partial charge is 0.495 e. The maximum absolute atomic E-state index is 12.4. The number of benzene rings is 2. The standard InChI is InChI=1S/C23H31N3O4/c1-16(28)17-6-8-19(9-7-17)24-22(29)14-26-12-10-20(11-13-26)25-23-18(15-27)4-3-5-21(23)30-2/h3-9,16,20,25,27-28H,10-15H2,1-2H3,(H,24,29). The van der Waals surface area contributed by atoms with E-state index in [2.05, 4.69) is 15.5 Å². The fourth-order valence-electron chi connectivity index (χ4n) is 3.73. The summed E-state index contributed by atoms with van der Waals surface area (Å²) >= 11 is 0. The number of ether oxygens (including phenoxy) is 1. The highest BCUT2D eigenvalue weighted by atomic mass is 16.5. The van der Waals surface area contributed by atoms with Crippen LogP contribution in [0.5, 0.6) is 5.75 Å². The minimum absolute atomic E-state index is 0.0431. The molecule has 7 heteroatoms. The summed E-state index contributed by atoms with van der Waals surface area (Å²) in [5, 5.41) is 25.6. The highest BCUT2D eigenvalue weighted by Crippen LogP contribution is 2.30. The summed E-state index contributed by atoms with van der Waals surface area (Å²) in [6, 6.07) is 13.1. The minimum Gasteiger partial charge on any atom is -0.495 e. The lowest BCUT2D eigenvalue weighted by Gasteiger charge is -2.33. The third-order valence-electron chi connectivity index (χ3n) is 5.48. The number of nitrogens with one attached hydrogen (secondary N) is 2. The van der Waals surface area contributed by atoms with E-state index in [9.17, 15) is 15.0 Å². The first-order valence-corrected chi connectivity index (χ1v) is 10.3. The zero-order valence-corrected chi connectivity index (χ0v) is 17.6. The molecule has 0 aliphatic carbocycles. The van der Waals surface area contributed by atoms with E-state index >= 15 is 0 Å². The van der Waals surface area contributed by atoms with Crippen LogP contribution in [0.4, 0.5) is 11.4 Å². The molecule has 1 atom stereocenters. The molecule has 4 N–H and O–H groups in total. The van der Waals surface area contributed by atoms with Crippen LogP contribution in [0.15, 0.2) is 42.5 Å². The monoisotopic (exact) mass is 413 g/mol. The lowest BCUT2D eigenvalue weighted by atomic mass is 10.0. The maximum atomic E-state index is 12.4. The molecule has 1 saturated heterocycles. The Balaban J connectivity index is 1.48. The Morgan fingerprint density at radius 1 is 1.20 bits per heavy atom. The van der Waals surface area contributed by atoms with E-state index in [-0.39, 0.29) is 18.6 Å². The number of amides is 1. The second-order valence-corrected chi connectivity index (χ2v) is 7.69. The van der Waals surface area contributed by atoms with Crippen molar-refractivity contribution in [2.45, 2.75) is 38.5 Å². The van der Waals surface area contributed by atoms with Crippen LogP contribution in [0.25, 0.3) is 0 Å². The number of hydrogen-bond donors (Lipinski definition) is 4. The Hall–Kier alpha value is -2.61. The summed E-state index contributed by atoms with van der Waals surface area (Å²) in [6.45, 7) is 3.65. The van der Waals surface area contributed by atoms with Gasteiger partial charge in [0.2, 0.25) is 5.91 Å². The number of likely N-dealkylation sites (tertiary alicyclic amines) is 1. The number of piperidine rings is 1. The van der Waals surface area contributed by atoms with Gasteiger partial charge in [0.1, 0.15) is 5.75 Å². The average Bonchev–Trinajstić information content (AvgIpc) is 2.75. The number of carbonyl (C=O) groups excluding carboxylic acids is 1. The number of carbonyl (C=O) groups is 1. The molecular weight excluding hydrogens is 382 g/mol. The van der Waals surface area contributed by atoms with Gasteiger partial charge in [0.15, 0.2) is 0 Å². The van der Waals surface area contributed by atoms with Crippen LogP contribution in [0.2, 0.25) is 0 Å². The molecular formula is C23H31N3O4. The Morgan fingerprint density at radius 3 is 2.50 bits per heavy atom. The summed E-state index contributed by atoms with van der Waals surface area (Å²) in [6.07, 6.45) is 1.28. The number of methoxy groups -OCH3 is 1. The molecule has 30 heavy (non-hydrogen) atoms. The number of aliphatic hydroxyl groups is 2. The quantitative estimate of drug-likeness (QED) is 0.532. The van der Waals surface area contributed by atoms with Crippen LogP contribution in [-0.2, 0) is 11.4 Å². The molecule has 2 aromatic carbocycles. The second kappa shape index (κ2) is 10.4. The van der Waals surface area contributed by atoms with Crippen molar-refractivity contribution in [2.24, 2.45) is 0 Å². The van der Waals surface area contributed by atoms with Crippen LogP contribution in [0, 0.1) is 0 Å². The number of anilines is 2. The Bertz CT molecular complexity index is 809. The summed E-state index contributed by atoms with van der Waals surface area (Å²) in [5.74, 6) is 0.684. The zero-order valence-electron chi connectivity index (χ0n) is 17.6. The van der Waals surface area contributed by atoms with E-state index in [1.807, 2.05) is 42.5 Å². The molecule has 1 amide bonds. The number of para-hydroxylation sites is 1. The molecule has 0 saturated carbocycles. The fraction of sp³-hybridized carbons (Fsp3) is 0.435. The van der Waals surface area contributed by atoms with Crippen molar-refractivity contribution in [1.29, 1.82) is 0 Å². The zero-order chi connectivity index (χ0) is 21.5. The van der Waals surface area contributed by atoms with Gasteiger partial charge in [-0.3, -0.25) is 9.69 Å². The number of aliphatic hydroxyl groups excluding tert-OH is 2. The van der Waals surface area contributed by atoms with Crippen molar-refractivity contribution in [3.8, 4) is 5.75 Å². The first kappa shape index (κ1) is 22.1. The van der Waals surface area contributed by atoms with E-state index in [1.54, 1.807) is 14.0 Å². The van der Waals surface area contributed by atoms with Gasteiger partial charge in [0, 0.05) is 30.4 Å². The van der Waals surface area contributed by atoms with Gasteiger partial charge >= 0.3 is 0 Å². The molecule has 1 unspecified atom stereocenters. The smallest absolute Gasteiger partial charge is 0.238 e. The molecule has 0 aromatic heterocycles. The number of hydrogen-bond acceptors (Lipinski definition) is 6. The van der Waals surface area contributed by atoms with Gasteiger partial charge in [0.05, 0.1) is 32.1 Å². The van der Waals surface area contributed by atoms with Gasteiger partial charge in [0.25, 0.3) is 0 Å². The molecule has 1 heterocycles. The number of rotatable bonds is 8. The van der Waals surface area contributed by atoms with Crippen molar-refractivity contribution in [3.63, 3.8) is 0 Å². The number of nitrogens with zero attached hydrogens (tertiary/aromatic N) is 1. The van der Waals surface area contributed by atoms with Crippen molar-refractivity contribution in [3.05, 3.63) is 53.6 Å². The van der Waals surface area contributed by atoms with Gasteiger partial charge in [-0.15, -0.1) is 0 Å². The summed E-state index contributed by atoms with van der Waals surface area (Å²) < 4.78 is 5.43. The molecule has 1 aliphatic rings. The van der Waals surface area contributed by atoms with E-state index in [1.165, 1.54) is 0 Å². The summed E-state index contributed by atoms with van der Waals surface area (Å²) in [4.78, 5) is 14.5. The second-order valence-electron chi connectivity index (χ2n) is 7.69. The van der Waals surface area contributed by atoms with Crippen molar-refractivity contribution in [2.75, 3.05) is 37.4 Å². The van der Waals surface area contributed by atoms with Crippen LogP contribution < -0.4 is 15.4 Å².